The molecule has 0 radical (unpaired) electrons. The Morgan fingerprint density at radius 3 is 2.52 bits per heavy atom. The first kappa shape index (κ1) is 18.3. The van der Waals surface area contributed by atoms with Gasteiger partial charge in [-0.05, 0) is 49.5 Å². The van der Waals surface area contributed by atoms with Crippen LogP contribution in [-0.4, -0.2) is 64.4 Å². The van der Waals surface area contributed by atoms with Gasteiger partial charge in [0, 0.05) is 50.7 Å². The number of likely N-dealkylation sites (tertiary alicyclic amines) is 1. The number of alkyl halides is 2. The fourth-order valence-corrected chi connectivity index (χ4v) is 6.40. The molecule has 2 spiro atoms. The van der Waals surface area contributed by atoms with E-state index < -0.39 is 6.43 Å². The van der Waals surface area contributed by atoms with Crippen molar-refractivity contribution in [1.82, 2.24) is 19.0 Å². The summed E-state index contributed by atoms with van der Waals surface area (Å²) in [6.45, 7) is 6.48. The number of ether oxygens (including phenoxy) is 1. The van der Waals surface area contributed by atoms with Crippen LogP contribution < -0.4 is 0 Å². The molecule has 1 atom stereocenters. The normalized spacial score (nSPS) is 30.1. The molecule has 4 fully saturated rings. The zero-order valence-corrected chi connectivity index (χ0v) is 16.7. The van der Waals surface area contributed by atoms with Crippen LogP contribution >= 0.6 is 11.9 Å². The number of aryl methyl sites for hydroxylation is 1. The number of rotatable bonds is 4. The van der Waals surface area contributed by atoms with Gasteiger partial charge in [-0.2, -0.15) is 5.10 Å². The molecule has 8 heteroatoms. The van der Waals surface area contributed by atoms with Crippen molar-refractivity contribution in [1.29, 1.82) is 0 Å². The number of halogens is 2. The molecule has 5 rings (SSSR count). The molecule has 0 N–H and O–H groups in total. The predicted molar refractivity (Wildman–Crippen MR) is 99.7 cm³/mol. The summed E-state index contributed by atoms with van der Waals surface area (Å²) in [5.41, 5.74) is 0.883. The molecular weight excluding hydrogens is 370 g/mol. The van der Waals surface area contributed by atoms with Gasteiger partial charge in [0.15, 0.2) is 0 Å². The molecule has 3 aliphatic heterocycles. The number of nitrogens with zero attached hydrogens (tertiary/aromatic N) is 4. The van der Waals surface area contributed by atoms with Gasteiger partial charge in [0.25, 0.3) is 6.43 Å². The van der Waals surface area contributed by atoms with Gasteiger partial charge in [-0.3, -0.25) is 9.58 Å². The summed E-state index contributed by atoms with van der Waals surface area (Å²) < 4.78 is 35.0. The van der Waals surface area contributed by atoms with Crippen molar-refractivity contribution in [3.63, 3.8) is 0 Å². The Kier molecular flexibility index (Phi) is 4.53. The molecular formula is C19H28F2N4OS. The topological polar surface area (TPSA) is 33.5 Å². The average Bonchev–Trinajstić information content (AvgIpc) is 3.12. The molecule has 0 amide bonds. The van der Waals surface area contributed by atoms with Crippen LogP contribution in [0, 0.1) is 10.8 Å². The van der Waals surface area contributed by atoms with Gasteiger partial charge < -0.3 is 4.74 Å². The van der Waals surface area contributed by atoms with Crippen LogP contribution in [0.25, 0.3) is 0 Å². The lowest BCUT2D eigenvalue weighted by molar-refractivity contribution is -0.198. The Balaban J connectivity index is 1.13. The van der Waals surface area contributed by atoms with E-state index in [4.69, 9.17) is 4.74 Å². The maximum atomic E-state index is 12.8. The third-order valence-electron chi connectivity index (χ3n) is 7.17. The maximum Gasteiger partial charge on any atom is 0.282 e. The van der Waals surface area contributed by atoms with Crippen molar-refractivity contribution in [2.24, 2.45) is 17.9 Å². The van der Waals surface area contributed by atoms with Crippen LogP contribution in [0.1, 0.15) is 44.2 Å². The van der Waals surface area contributed by atoms with Gasteiger partial charge in [-0.1, -0.05) is 0 Å². The second kappa shape index (κ2) is 6.68. The smallest absolute Gasteiger partial charge is 0.282 e. The minimum absolute atomic E-state index is 0.128. The molecule has 3 saturated heterocycles. The van der Waals surface area contributed by atoms with E-state index >= 15 is 0 Å². The summed E-state index contributed by atoms with van der Waals surface area (Å²) >= 11 is 1.58. The van der Waals surface area contributed by atoms with Gasteiger partial charge in [0.2, 0.25) is 0 Å². The van der Waals surface area contributed by atoms with Gasteiger partial charge in [0.1, 0.15) is 10.7 Å². The first-order valence-corrected chi connectivity index (χ1v) is 10.8. The number of piperidine rings is 1. The summed E-state index contributed by atoms with van der Waals surface area (Å²) in [6, 6.07) is 2.29. The molecule has 4 heterocycles. The average molecular weight is 399 g/mol. The monoisotopic (exact) mass is 398 g/mol. The van der Waals surface area contributed by atoms with Crippen LogP contribution in [0.2, 0.25) is 0 Å². The van der Waals surface area contributed by atoms with E-state index in [0.717, 1.165) is 37.4 Å². The Hall–Kier alpha value is -0.700. The van der Waals surface area contributed by atoms with E-state index in [-0.39, 0.29) is 5.69 Å². The Labute approximate surface area is 163 Å². The lowest BCUT2D eigenvalue weighted by Crippen LogP contribution is -2.67. The quantitative estimate of drug-likeness (QED) is 0.727. The molecule has 1 saturated carbocycles. The molecule has 1 unspecified atom stereocenters. The van der Waals surface area contributed by atoms with E-state index in [0.29, 0.717) is 10.8 Å². The van der Waals surface area contributed by atoms with Crippen LogP contribution in [0.4, 0.5) is 8.78 Å². The fourth-order valence-electron chi connectivity index (χ4n) is 5.44. The lowest BCUT2D eigenvalue weighted by atomic mass is 9.75. The zero-order chi connectivity index (χ0) is 18.6. The van der Waals surface area contributed by atoms with Crippen molar-refractivity contribution >= 4 is 11.9 Å². The Morgan fingerprint density at radius 1 is 1.19 bits per heavy atom. The van der Waals surface area contributed by atoms with E-state index in [9.17, 15) is 8.78 Å². The maximum absolute atomic E-state index is 12.8. The van der Waals surface area contributed by atoms with E-state index in [1.165, 1.54) is 51.3 Å². The minimum atomic E-state index is -2.50. The van der Waals surface area contributed by atoms with E-state index in [2.05, 4.69) is 14.3 Å². The van der Waals surface area contributed by atoms with Crippen LogP contribution in [-0.2, 0) is 11.8 Å². The van der Waals surface area contributed by atoms with Crippen LogP contribution in [0.3, 0.4) is 0 Å². The predicted octanol–water partition coefficient (Wildman–Crippen LogP) is 3.33. The van der Waals surface area contributed by atoms with Crippen molar-refractivity contribution in [2.75, 3.05) is 39.4 Å². The Morgan fingerprint density at radius 2 is 1.93 bits per heavy atom. The van der Waals surface area contributed by atoms with E-state index in [1.807, 2.05) is 0 Å². The van der Waals surface area contributed by atoms with Gasteiger partial charge in [-0.25, -0.2) is 13.1 Å². The molecule has 1 aliphatic carbocycles. The molecule has 1 aromatic rings. The molecule has 0 bridgehead atoms. The number of hydrogen-bond acceptors (Lipinski definition) is 5. The molecule has 4 aliphatic rings. The highest BCUT2D eigenvalue weighted by Gasteiger charge is 2.53. The van der Waals surface area contributed by atoms with Crippen molar-refractivity contribution < 1.29 is 13.5 Å². The number of hydrogen-bond donors (Lipinski definition) is 0. The van der Waals surface area contributed by atoms with Crippen molar-refractivity contribution in [3.05, 3.63) is 11.8 Å². The first-order chi connectivity index (χ1) is 13.0. The highest BCUT2D eigenvalue weighted by atomic mass is 32.2. The summed E-state index contributed by atoms with van der Waals surface area (Å²) in [6.07, 6.45) is 3.96. The first-order valence-electron chi connectivity index (χ1n) is 10.0. The highest BCUT2D eigenvalue weighted by Crippen LogP contribution is 2.51. The number of aromatic nitrogens is 2. The SMILES string of the molecule is Cn1nc(C(F)F)cc1SN1CCC2(CCC(N3CC4(COC4)C3)C2)CC1. The standard InChI is InChI=1S/C19H28F2N4OS/c1-23-16(8-15(22-23)17(20)21)27-25-6-4-18(5-7-25)3-2-14(9-18)24-10-19(11-24)12-26-13-19/h8,14,17H,2-7,9-13H2,1H3. The lowest BCUT2D eigenvalue weighted by Gasteiger charge is -2.57. The van der Waals surface area contributed by atoms with E-state index in [1.54, 1.807) is 23.7 Å². The van der Waals surface area contributed by atoms with Crippen LogP contribution in [0.5, 0.6) is 0 Å². The molecule has 27 heavy (non-hydrogen) atoms. The summed E-state index contributed by atoms with van der Waals surface area (Å²) in [4.78, 5) is 2.69. The minimum Gasteiger partial charge on any atom is -0.380 e. The van der Waals surface area contributed by atoms with Crippen molar-refractivity contribution in [3.8, 4) is 0 Å². The summed E-state index contributed by atoms with van der Waals surface area (Å²) in [7, 11) is 1.74. The Bertz CT molecular complexity index is 692. The van der Waals surface area contributed by atoms with Gasteiger partial charge in [0.05, 0.1) is 13.2 Å². The summed E-state index contributed by atoms with van der Waals surface area (Å²) in [5.74, 6) is 0. The second-order valence-electron chi connectivity index (χ2n) is 9.15. The van der Waals surface area contributed by atoms with Crippen LogP contribution in [0.15, 0.2) is 11.1 Å². The largest absolute Gasteiger partial charge is 0.380 e. The second-order valence-corrected chi connectivity index (χ2v) is 10.3. The summed E-state index contributed by atoms with van der Waals surface area (Å²) in [5, 5.41) is 4.72. The van der Waals surface area contributed by atoms with Gasteiger partial charge in [-0.15, -0.1) is 0 Å². The third kappa shape index (κ3) is 3.32. The highest BCUT2D eigenvalue weighted by molar-refractivity contribution is 7.97. The van der Waals surface area contributed by atoms with Crippen molar-refractivity contribution in [2.45, 2.75) is 49.6 Å². The molecule has 1 aromatic heterocycles. The fraction of sp³-hybridized carbons (Fsp3) is 0.842. The molecule has 150 valence electrons. The molecule has 5 nitrogen and oxygen atoms in total. The molecule has 0 aromatic carbocycles. The van der Waals surface area contributed by atoms with Gasteiger partial charge >= 0.3 is 0 Å². The third-order valence-corrected chi connectivity index (χ3v) is 8.36. The zero-order valence-electron chi connectivity index (χ0n) is 15.9.